The molecule has 62 heavy (non-hydrogen) atoms. The van der Waals surface area contributed by atoms with Crippen LogP contribution < -0.4 is 52.9 Å². The lowest BCUT2D eigenvalue weighted by Gasteiger charge is -2.12. The minimum atomic E-state index is -0.389. The quantitative estimate of drug-likeness (QED) is 0.107. The number of halogens is 2. The molecule has 10 rings (SSSR count). The number of carbonyl (C=O) groups is 2. The van der Waals surface area contributed by atoms with E-state index in [1.54, 1.807) is 38.5 Å². The number of benzene rings is 8. The zero-order chi connectivity index (χ0) is 41.3. The molecule has 0 unspecified atom stereocenters. The second-order valence-electron chi connectivity index (χ2n) is 14.5. The highest BCUT2D eigenvalue weighted by molar-refractivity contribution is 6.17. The van der Waals surface area contributed by atoms with E-state index in [0.29, 0.717) is 34.1 Å². The molecule has 2 heterocycles. The molecule has 0 aliphatic rings. The third-order valence-electron chi connectivity index (χ3n) is 11.0. The number of esters is 2. The molecule has 8 aromatic carbocycles. The van der Waals surface area contributed by atoms with Gasteiger partial charge in [-0.1, -0.05) is 84.9 Å². The number of para-hydroxylation sites is 2. The number of aryl methyl sites for hydroxylation is 2. The molecule has 0 bridgehead atoms. The van der Waals surface area contributed by atoms with Gasteiger partial charge in [0.25, 0.3) is 0 Å². The Morgan fingerprint density at radius 3 is 1.05 bits per heavy atom. The van der Waals surface area contributed by atoms with Crippen molar-refractivity contribution in [3.63, 3.8) is 0 Å². The van der Waals surface area contributed by atoms with Crippen molar-refractivity contribution in [2.75, 3.05) is 14.2 Å². The highest BCUT2D eigenvalue weighted by Gasteiger charge is 2.27. The van der Waals surface area contributed by atoms with E-state index in [-0.39, 0.29) is 36.8 Å². The largest absolute Gasteiger partial charge is 1.00 e. The monoisotopic (exact) mass is 858 g/mol. The van der Waals surface area contributed by atoms with E-state index in [1.165, 1.54) is 0 Å². The number of pyridine rings is 2. The minimum absolute atomic E-state index is 0. The fourth-order valence-electron chi connectivity index (χ4n) is 7.96. The van der Waals surface area contributed by atoms with Crippen LogP contribution in [0.3, 0.4) is 0 Å². The molecule has 0 aliphatic heterocycles. The average Bonchev–Trinajstić information content (AvgIpc) is 3.28. The Balaban J connectivity index is 0.000000181. The topological polar surface area (TPSA) is 78.8 Å². The zero-order valence-corrected chi connectivity index (χ0v) is 35.8. The van der Waals surface area contributed by atoms with E-state index in [9.17, 15) is 9.59 Å². The number of hydrogen-bond donors (Lipinski definition) is 0. The highest BCUT2D eigenvalue weighted by atomic mass is 35.5. The third-order valence-corrected chi connectivity index (χ3v) is 11.0. The van der Waals surface area contributed by atoms with Gasteiger partial charge in [0.15, 0.2) is 0 Å². The molecule has 0 aliphatic carbocycles. The molecule has 308 valence electrons. The predicted molar refractivity (Wildman–Crippen MR) is 236 cm³/mol. The highest BCUT2D eigenvalue weighted by Crippen LogP contribution is 2.33. The second-order valence-corrected chi connectivity index (χ2v) is 14.5. The molecule has 8 nitrogen and oxygen atoms in total. The maximum atomic E-state index is 13.4. The van der Waals surface area contributed by atoms with Crippen molar-refractivity contribution >= 4 is 77.1 Å². The lowest BCUT2D eigenvalue weighted by atomic mass is 9.98. The van der Waals surface area contributed by atoms with E-state index in [4.69, 9.17) is 18.9 Å². The van der Waals surface area contributed by atoms with Crippen molar-refractivity contribution in [2.45, 2.75) is 0 Å². The van der Waals surface area contributed by atoms with Crippen molar-refractivity contribution in [3.8, 4) is 23.0 Å². The number of methoxy groups -OCH3 is 2. The molecule has 0 radical (unpaired) electrons. The summed E-state index contributed by atoms with van der Waals surface area (Å²) in [6.07, 6.45) is 0. The number of ether oxygens (including phenoxy) is 4. The summed E-state index contributed by atoms with van der Waals surface area (Å²) in [7, 11) is 7.27. The fraction of sp³-hybridized carbons (Fsp3) is 0.0769. The SMILES string of the molecule is COc1ccc2c(c1)c(C(=O)Oc1ccccc1)c1cc3ccccc3cc1[n+]2C.COc1ccc2c(c1)c(C(=O)Oc1ccccc1)c1cc3ccccc3cc1[n+]2C.[Cl-].[Cl-]. The molecule has 2 aromatic heterocycles. The summed E-state index contributed by atoms with van der Waals surface area (Å²) < 4.78 is 26.6. The lowest BCUT2D eigenvalue weighted by molar-refractivity contribution is -0.617. The number of hydrogen-bond acceptors (Lipinski definition) is 6. The molecule has 0 fully saturated rings. The standard InChI is InChI=1S/2C26H20NO3.2ClH/c2*1-27-23-13-12-20(29-2)16-22(23)25(26(28)30-19-10-4-3-5-11-19)21-14-17-8-6-7-9-18(17)15-24(21)27;;/h2*3-16H,1-2H3;2*1H/q2*+1;;/p-2. The first kappa shape index (κ1) is 42.8. The Labute approximate surface area is 370 Å². The molecule has 10 heteroatoms. The molecular formula is C52H40Cl2N2O6. The van der Waals surface area contributed by atoms with Crippen LogP contribution in [0.4, 0.5) is 0 Å². The van der Waals surface area contributed by atoms with Crippen molar-refractivity contribution in [1.82, 2.24) is 0 Å². The van der Waals surface area contributed by atoms with Crippen molar-refractivity contribution in [1.29, 1.82) is 0 Å². The van der Waals surface area contributed by atoms with E-state index in [1.807, 2.05) is 111 Å². The third kappa shape index (κ3) is 8.01. The zero-order valence-electron chi connectivity index (χ0n) is 34.3. The molecule has 0 spiro atoms. The molecule has 0 N–H and O–H groups in total. The number of aromatic nitrogens is 2. The Morgan fingerprint density at radius 2 is 0.694 bits per heavy atom. The van der Waals surface area contributed by atoms with Crippen LogP contribution in [-0.4, -0.2) is 26.2 Å². The van der Waals surface area contributed by atoms with Crippen molar-refractivity contribution in [3.05, 3.63) is 181 Å². The van der Waals surface area contributed by atoms with Gasteiger partial charge in [-0.05, 0) is 82.2 Å². The van der Waals surface area contributed by atoms with Gasteiger partial charge < -0.3 is 43.8 Å². The van der Waals surface area contributed by atoms with Crippen molar-refractivity contribution < 1.29 is 62.5 Å². The predicted octanol–water partition coefficient (Wildman–Crippen LogP) is 4.41. The van der Waals surface area contributed by atoms with Gasteiger partial charge in [-0.15, -0.1) is 0 Å². The molecule has 0 amide bonds. The summed E-state index contributed by atoms with van der Waals surface area (Å²) in [6, 6.07) is 54.5. The summed E-state index contributed by atoms with van der Waals surface area (Å²) in [5, 5.41) is 7.66. The van der Waals surface area contributed by atoms with E-state index >= 15 is 0 Å². The number of rotatable bonds is 6. The maximum Gasteiger partial charge on any atom is 0.345 e. The van der Waals surface area contributed by atoms with Crippen LogP contribution in [0.25, 0.3) is 65.2 Å². The summed E-state index contributed by atoms with van der Waals surface area (Å²) in [5.74, 6) is 1.63. The Morgan fingerprint density at radius 1 is 0.371 bits per heavy atom. The maximum absolute atomic E-state index is 13.4. The molecule has 0 saturated heterocycles. The smallest absolute Gasteiger partial charge is 0.345 e. The number of carbonyl (C=O) groups excluding carboxylic acids is 2. The first-order chi connectivity index (χ1) is 29.3. The van der Waals surface area contributed by atoms with Crippen LogP contribution in [0.15, 0.2) is 170 Å². The fourth-order valence-corrected chi connectivity index (χ4v) is 7.96. The summed E-state index contributed by atoms with van der Waals surface area (Å²) in [5.41, 5.74) is 4.85. The first-order valence-electron chi connectivity index (χ1n) is 19.5. The van der Waals surface area contributed by atoms with Gasteiger partial charge in [0, 0.05) is 24.3 Å². The molecule has 10 aromatic rings. The van der Waals surface area contributed by atoms with Crippen LogP contribution in [0.1, 0.15) is 20.7 Å². The second kappa shape index (κ2) is 18.2. The van der Waals surface area contributed by atoms with Crippen LogP contribution in [0.5, 0.6) is 23.0 Å². The van der Waals surface area contributed by atoms with Gasteiger partial charge in [-0.25, -0.2) is 9.59 Å². The molecule has 0 saturated carbocycles. The van der Waals surface area contributed by atoms with E-state index in [0.717, 1.165) is 65.2 Å². The summed E-state index contributed by atoms with van der Waals surface area (Å²) in [6.45, 7) is 0. The normalized spacial score (nSPS) is 10.8. The van der Waals surface area contributed by atoms with Crippen LogP contribution in [-0.2, 0) is 14.1 Å². The molecular weight excluding hydrogens is 819 g/mol. The minimum Gasteiger partial charge on any atom is -1.00 e. The summed E-state index contributed by atoms with van der Waals surface area (Å²) in [4.78, 5) is 26.8. The van der Waals surface area contributed by atoms with Gasteiger partial charge in [-0.3, -0.25) is 0 Å². The van der Waals surface area contributed by atoms with Gasteiger partial charge in [0.1, 0.15) is 37.1 Å². The van der Waals surface area contributed by atoms with Crippen LogP contribution >= 0.6 is 0 Å². The number of fused-ring (bicyclic) bond motifs is 6. The van der Waals surface area contributed by atoms with E-state index in [2.05, 4.69) is 57.7 Å². The first-order valence-corrected chi connectivity index (χ1v) is 19.5. The Bertz CT molecular complexity index is 3080. The van der Waals surface area contributed by atoms with Gasteiger partial charge in [0.2, 0.25) is 22.1 Å². The average molecular weight is 860 g/mol. The van der Waals surface area contributed by atoms with Gasteiger partial charge in [-0.2, -0.15) is 9.13 Å². The van der Waals surface area contributed by atoms with Gasteiger partial charge >= 0.3 is 11.9 Å². The van der Waals surface area contributed by atoms with E-state index < -0.39 is 0 Å². The lowest BCUT2D eigenvalue weighted by Crippen LogP contribution is -3.00. The number of nitrogens with zero attached hydrogens (tertiary/aromatic N) is 2. The Hall–Kier alpha value is -7.26. The molecule has 0 atom stereocenters. The van der Waals surface area contributed by atoms with Crippen molar-refractivity contribution in [2.24, 2.45) is 14.1 Å². The van der Waals surface area contributed by atoms with Gasteiger partial charge in [0.05, 0.1) is 46.9 Å². The Kier molecular flexibility index (Phi) is 12.5. The summed E-state index contributed by atoms with van der Waals surface area (Å²) >= 11 is 0. The van der Waals surface area contributed by atoms with Crippen LogP contribution in [0.2, 0.25) is 0 Å². The van der Waals surface area contributed by atoms with Crippen LogP contribution in [0, 0.1) is 0 Å².